The van der Waals surface area contributed by atoms with Crippen molar-refractivity contribution in [2.45, 2.75) is 6.61 Å². The average molecular weight is 246 g/mol. The third-order valence-electron chi connectivity index (χ3n) is 2.41. The second kappa shape index (κ2) is 5.39. The topological polar surface area (TPSA) is 90.7 Å². The Hall–Kier alpha value is -2.24. The fourth-order valence-corrected chi connectivity index (χ4v) is 1.54. The molecule has 0 aliphatic rings. The summed E-state index contributed by atoms with van der Waals surface area (Å²) in [7, 11) is 0. The third-order valence-corrected chi connectivity index (χ3v) is 2.41. The highest BCUT2D eigenvalue weighted by Gasteiger charge is 2.06. The van der Waals surface area contributed by atoms with E-state index in [0.29, 0.717) is 28.4 Å². The number of benzene rings is 2. The van der Waals surface area contributed by atoms with Crippen LogP contribution in [0, 0.1) is 0 Å². The molecular formula is C13H14N2O3. The Bertz CT molecular complexity index is 526. The summed E-state index contributed by atoms with van der Waals surface area (Å²) in [6.45, 7) is 0.00927. The SMILES string of the molecule is Nc1ccc(Oc2ccc(N)cc2COO)cc1. The van der Waals surface area contributed by atoms with Gasteiger partial charge < -0.3 is 16.2 Å². The van der Waals surface area contributed by atoms with Gasteiger partial charge in [-0.15, -0.1) is 0 Å². The van der Waals surface area contributed by atoms with Gasteiger partial charge in [0, 0.05) is 16.9 Å². The minimum atomic E-state index is 0.00927. The van der Waals surface area contributed by atoms with E-state index in [1.165, 1.54) is 0 Å². The Morgan fingerprint density at radius 1 is 0.944 bits per heavy atom. The lowest BCUT2D eigenvalue weighted by atomic mass is 10.2. The monoisotopic (exact) mass is 246 g/mol. The predicted octanol–water partition coefficient (Wildman–Crippen LogP) is 2.63. The van der Waals surface area contributed by atoms with E-state index in [9.17, 15) is 0 Å². The number of hydrogen-bond acceptors (Lipinski definition) is 5. The summed E-state index contributed by atoms with van der Waals surface area (Å²) in [6.07, 6.45) is 0. The van der Waals surface area contributed by atoms with Gasteiger partial charge in [0.1, 0.15) is 18.1 Å². The predicted molar refractivity (Wildman–Crippen MR) is 69.2 cm³/mol. The van der Waals surface area contributed by atoms with E-state index in [1.807, 2.05) is 0 Å². The number of ether oxygens (including phenoxy) is 1. The molecule has 0 aromatic heterocycles. The number of rotatable bonds is 4. The van der Waals surface area contributed by atoms with Gasteiger partial charge in [-0.3, -0.25) is 5.26 Å². The van der Waals surface area contributed by atoms with E-state index in [2.05, 4.69) is 4.89 Å². The van der Waals surface area contributed by atoms with Crippen molar-refractivity contribution in [2.24, 2.45) is 0 Å². The lowest BCUT2D eigenvalue weighted by Crippen LogP contribution is -1.96. The van der Waals surface area contributed by atoms with Gasteiger partial charge in [-0.2, -0.15) is 0 Å². The van der Waals surface area contributed by atoms with Gasteiger partial charge in [0.15, 0.2) is 0 Å². The van der Waals surface area contributed by atoms with Gasteiger partial charge in [0.2, 0.25) is 0 Å². The molecule has 0 bridgehead atoms. The first-order valence-electron chi connectivity index (χ1n) is 5.37. The summed E-state index contributed by atoms with van der Waals surface area (Å²) in [6, 6.07) is 12.1. The minimum absolute atomic E-state index is 0.00927. The second-order valence-electron chi connectivity index (χ2n) is 3.81. The molecule has 5 nitrogen and oxygen atoms in total. The van der Waals surface area contributed by atoms with E-state index in [4.69, 9.17) is 21.5 Å². The third kappa shape index (κ3) is 2.91. The van der Waals surface area contributed by atoms with Crippen molar-refractivity contribution in [1.82, 2.24) is 0 Å². The first-order valence-corrected chi connectivity index (χ1v) is 5.37. The van der Waals surface area contributed by atoms with Crippen LogP contribution in [0.1, 0.15) is 5.56 Å². The number of anilines is 2. The lowest BCUT2D eigenvalue weighted by Gasteiger charge is -2.11. The lowest BCUT2D eigenvalue weighted by molar-refractivity contribution is -0.253. The van der Waals surface area contributed by atoms with Gasteiger partial charge in [-0.05, 0) is 42.5 Å². The molecule has 18 heavy (non-hydrogen) atoms. The van der Waals surface area contributed by atoms with Crippen molar-refractivity contribution in [3.05, 3.63) is 48.0 Å². The van der Waals surface area contributed by atoms with Crippen LogP contribution in [0.2, 0.25) is 0 Å². The molecule has 0 radical (unpaired) electrons. The molecule has 94 valence electrons. The fourth-order valence-electron chi connectivity index (χ4n) is 1.54. The van der Waals surface area contributed by atoms with Gasteiger partial charge >= 0.3 is 0 Å². The van der Waals surface area contributed by atoms with Crippen LogP contribution in [-0.2, 0) is 11.5 Å². The van der Waals surface area contributed by atoms with E-state index in [-0.39, 0.29) is 6.61 Å². The number of nitrogen functional groups attached to an aromatic ring is 2. The average Bonchev–Trinajstić information content (AvgIpc) is 2.36. The standard InChI is InChI=1S/C13H14N2O3/c14-10-1-4-12(5-2-10)18-13-6-3-11(15)7-9(13)8-17-16/h1-7,16H,8,14-15H2. The van der Waals surface area contributed by atoms with Crippen LogP contribution in [0.15, 0.2) is 42.5 Å². The summed E-state index contributed by atoms with van der Waals surface area (Å²) >= 11 is 0. The summed E-state index contributed by atoms with van der Waals surface area (Å²) in [5.41, 5.74) is 13.2. The molecule has 2 aromatic carbocycles. The van der Waals surface area contributed by atoms with Gasteiger partial charge in [-0.25, -0.2) is 4.89 Å². The zero-order valence-corrected chi connectivity index (χ0v) is 9.67. The molecule has 0 saturated heterocycles. The van der Waals surface area contributed by atoms with Gasteiger partial charge in [0.05, 0.1) is 0 Å². The second-order valence-corrected chi connectivity index (χ2v) is 3.81. The van der Waals surface area contributed by atoms with E-state index in [1.54, 1.807) is 42.5 Å². The Morgan fingerprint density at radius 2 is 1.61 bits per heavy atom. The summed E-state index contributed by atoms with van der Waals surface area (Å²) in [4.78, 5) is 4.12. The van der Waals surface area contributed by atoms with Crippen LogP contribution in [0.5, 0.6) is 11.5 Å². The molecule has 0 spiro atoms. The molecule has 0 saturated carbocycles. The van der Waals surface area contributed by atoms with Crippen LogP contribution in [-0.4, -0.2) is 5.26 Å². The molecular weight excluding hydrogens is 232 g/mol. The van der Waals surface area contributed by atoms with Gasteiger partial charge in [-0.1, -0.05) is 0 Å². The fraction of sp³-hybridized carbons (Fsp3) is 0.0769. The highest BCUT2D eigenvalue weighted by Crippen LogP contribution is 2.28. The molecule has 0 atom stereocenters. The molecule has 2 aromatic rings. The largest absolute Gasteiger partial charge is 0.457 e. The minimum Gasteiger partial charge on any atom is -0.457 e. The van der Waals surface area contributed by atoms with Crippen molar-refractivity contribution in [3.8, 4) is 11.5 Å². The van der Waals surface area contributed by atoms with Crippen molar-refractivity contribution in [1.29, 1.82) is 0 Å². The summed E-state index contributed by atoms with van der Waals surface area (Å²) in [5.74, 6) is 1.22. The summed E-state index contributed by atoms with van der Waals surface area (Å²) in [5, 5.41) is 8.52. The molecule has 5 N–H and O–H groups in total. The van der Waals surface area contributed by atoms with Crippen LogP contribution < -0.4 is 16.2 Å². The molecule has 2 rings (SSSR count). The Balaban J connectivity index is 2.25. The number of nitrogens with two attached hydrogens (primary N) is 2. The van der Waals surface area contributed by atoms with E-state index in [0.717, 1.165) is 0 Å². The van der Waals surface area contributed by atoms with Crippen LogP contribution in [0.3, 0.4) is 0 Å². The van der Waals surface area contributed by atoms with Crippen LogP contribution in [0.25, 0.3) is 0 Å². The van der Waals surface area contributed by atoms with Crippen LogP contribution in [0.4, 0.5) is 11.4 Å². The molecule has 0 aliphatic heterocycles. The normalized spacial score (nSPS) is 10.3. The maximum atomic E-state index is 8.52. The van der Waals surface area contributed by atoms with E-state index < -0.39 is 0 Å². The van der Waals surface area contributed by atoms with E-state index >= 15 is 0 Å². The Morgan fingerprint density at radius 3 is 2.28 bits per heavy atom. The summed E-state index contributed by atoms with van der Waals surface area (Å²) < 4.78 is 5.67. The molecule has 0 heterocycles. The van der Waals surface area contributed by atoms with Crippen LogP contribution >= 0.6 is 0 Å². The highest BCUT2D eigenvalue weighted by atomic mass is 17.1. The quantitative estimate of drug-likeness (QED) is 0.438. The molecule has 0 fully saturated rings. The zero-order chi connectivity index (χ0) is 13.0. The maximum Gasteiger partial charge on any atom is 0.133 e. The molecule has 0 unspecified atom stereocenters. The van der Waals surface area contributed by atoms with Crippen molar-refractivity contribution >= 4 is 11.4 Å². The van der Waals surface area contributed by atoms with Crippen molar-refractivity contribution < 1.29 is 14.9 Å². The maximum absolute atomic E-state index is 8.52. The van der Waals surface area contributed by atoms with Crippen molar-refractivity contribution in [2.75, 3.05) is 11.5 Å². The number of hydrogen-bond donors (Lipinski definition) is 3. The first kappa shape index (κ1) is 12.2. The Labute approximate surface area is 104 Å². The molecule has 0 amide bonds. The first-order chi connectivity index (χ1) is 8.69. The Kier molecular flexibility index (Phi) is 3.66. The highest BCUT2D eigenvalue weighted by molar-refractivity contribution is 5.49. The van der Waals surface area contributed by atoms with Gasteiger partial charge in [0.25, 0.3) is 0 Å². The zero-order valence-electron chi connectivity index (χ0n) is 9.67. The molecule has 5 heteroatoms. The smallest absolute Gasteiger partial charge is 0.133 e. The van der Waals surface area contributed by atoms with Crippen molar-refractivity contribution in [3.63, 3.8) is 0 Å². The molecule has 0 aliphatic carbocycles.